The predicted octanol–water partition coefficient (Wildman–Crippen LogP) is 1.83. The van der Waals surface area contributed by atoms with Gasteiger partial charge in [0.2, 0.25) is 0 Å². The van der Waals surface area contributed by atoms with Crippen molar-refractivity contribution in [3.8, 4) is 0 Å². The first kappa shape index (κ1) is 10.3. The zero-order chi connectivity index (χ0) is 9.84. The van der Waals surface area contributed by atoms with Gasteiger partial charge in [0.05, 0.1) is 13.2 Å². The van der Waals surface area contributed by atoms with E-state index in [1.54, 1.807) is 6.92 Å². The lowest BCUT2D eigenvalue weighted by Gasteiger charge is -2.27. The van der Waals surface area contributed by atoms with Crippen LogP contribution in [0.2, 0.25) is 0 Å². The fourth-order valence-corrected chi connectivity index (χ4v) is 1.46. The molecule has 3 nitrogen and oxygen atoms in total. The lowest BCUT2D eigenvalue weighted by atomic mass is 9.93. The Labute approximate surface area is 78.4 Å². The van der Waals surface area contributed by atoms with Crippen LogP contribution in [0.5, 0.6) is 0 Å². The van der Waals surface area contributed by atoms with Gasteiger partial charge >= 0.3 is 5.97 Å². The third kappa shape index (κ3) is 2.56. The summed E-state index contributed by atoms with van der Waals surface area (Å²) in [4.78, 5) is 10.7. The molecule has 0 unspecified atom stereocenters. The highest BCUT2D eigenvalue weighted by atomic mass is 16.5. The number of aliphatic carboxylic acids is 1. The smallest absolute Gasteiger partial charge is 0.331 e. The molecule has 1 rings (SSSR count). The molecule has 0 aromatic carbocycles. The summed E-state index contributed by atoms with van der Waals surface area (Å²) in [5.74, 6) is -0.249. The summed E-state index contributed by atoms with van der Waals surface area (Å²) in [7, 11) is 0. The van der Waals surface area contributed by atoms with E-state index in [0.717, 1.165) is 31.6 Å². The average molecular weight is 184 g/mol. The average Bonchev–Trinajstić information content (AvgIpc) is 2.02. The molecule has 3 heteroatoms. The summed E-state index contributed by atoms with van der Waals surface area (Å²) >= 11 is 0. The van der Waals surface area contributed by atoms with Crippen LogP contribution in [0.15, 0.2) is 11.1 Å². The van der Waals surface area contributed by atoms with E-state index in [4.69, 9.17) is 9.84 Å². The van der Waals surface area contributed by atoms with Crippen LogP contribution in [-0.2, 0) is 9.53 Å². The lowest BCUT2D eigenvalue weighted by molar-refractivity contribution is -0.132. The first-order valence-corrected chi connectivity index (χ1v) is 4.64. The largest absolute Gasteiger partial charge is 0.478 e. The minimum atomic E-state index is -0.794. The van der Waals surface area contributed by atoms with Gasteiger partial charge in [-0.2, -0.15) is 0 Å². The van der Waals surface area contributed by atoms with Gasteiger partial charge < -0.3 is 9.84 Å². The van der Waals surface area contributed by atoms with Crippen molar-refractivity contribution in [1.29, 1.82) is 0 Å². The first-order chi connectivity index (χ1) is 6.15. The molecule has 0 atom stereocenters. The van der Waals surface area contributed by atoms with E-state index >= 15 is 0 Å². The number of rotatable bonds is 4. The maximum absolute atomic E-state index is 10.7. The summed E-state index contributed by atoms with van der Waals surface area (Å²) in [5, 5.41) is 8.80. The van der Waals surface area contributed by atoms with E-state index in [0.29, 0.717) is 11.5 Å². The molecular formula is C10H16O3. The number of allylic oxidation sites excluding steroid dienone is 1. The molecular weight excluding hydrogens is 168 g/mol. The Morgan fingerprint density at radius 2 is 2.15 bits per heavy atom. The Hall–Kier alpha value is -0.830. The molecule has 0 amide bonds. The van der Waals surface area contributed by atoms with E-state index in [9.17, 15) is 4.79 Å². The normalized spacial score (nSPS) is 19.2. The summed E-state index contributed by atoms with van der Waals surface area (Å²) in [5.41, 5.74) is 1.57. The van der Waals surface area contributed by atoms with Gasteiger partial charge in [-0.25, -0.2) is 4.79 Å². The van der Waals surface area contributed by atoms with Gasteiger partial charge in [0.25, 0.3) is 0 Å². The molecule has 1 fully saturated rings. The maximum atomic E-state index is 10.7. The SMILES string of the molecule is CCC(CC1COC1)=C(C)C(=O)O. The van der Waals surface area contributed by atoms with Crippen molar-refractivity contribution in [2.75, 3.05) is 13.2 Å². The molecule has 0 aromatic heterocycles. The van der Waals surface area contributed by atoms with Crippen molar-refractivity contribution in [2.24, 2.45) is 5.92 Å². The molecule has 1 aliphatic rings. The molecule has 1 aliphatic heterocycles. The van der Waals surface area contributed by atoms with Crippen LogP contribution < -0.4 is 0 Å². The van der Waals surface area contributed by atoms with Gasteiger partial charge in [-0.05, 0) is 19.8 Å². The van der Waals surface area contributed by atoms with Crippen molar-refractivity contribution in [2.45, 2.75) is 26.7 Å². The Balaban J connectivity index is 2.58. The zero-order valence-corrected chi connectivity index (χ0v) is 8.17. The predicted molar refractivity (Wildman–Crippen MR) is 49.6 cm³/mol. The van der Waals surface area contributed by atoms with Gasteiger partial charge in [0, 0.05) is 11.5 Å². The Morgan fingerprint density at radius 3 is 2.46 bits per heavy atom. The topological polar surface area (TPSA) is 46.5 Å². The molecule has 1 saturated heterocycles. The Kier molecular flexibility index (Phi) is 3.48. The quantitative estimate of drug-likeness (QED) is 0.678. The van der Waals surface area contributed by atoms with E-state index in [-0.39, 0.29) is 0 Å². The third-order valence-corrected chi connectivity index (χ3v) is 2.52. The number of carbonyl (C=O) groups is 1. The van der Waals surface area contributed by atoms with Crippen molar-refractivity contribution in [3.63, 3.8) is 0 Å². The third-order valence-electron chi connectivity index (χ3n) is 2.52. The van der Waals surface area contributed by atoms with Gasteiger partial charge in [-0.15, -0.1) is 0 Å². The second-order valence-electron chi connectivity index (χ2n) is 3.49. The fraction of sp³-hybridized carbons (Fsp3) is 0.700. The molecule has 0 radical (unpaired) electrons. The van der Waals surface area contributed by atoms with Crippen LogP contribution in [0.1, 0.15) is 26.7 Å². The van der Waals surface area contributed by atoms with E-state index < -0.39 is 5.97 Å². The number of hydrogen-bond donors (Lipinski definition) is 1. The molecule has 1 N–H and O–H groups in total. The lowest BCUT2D eigenvalue weighted by Crippen LogP contribution is -2.28. The van der Waals surface area contributed by atoms with Crippen LogP contribution in [0.3, 0.4) is 0 Å². The van der Waals surface area contributed by atoms with Crippen molar-refractivity contribution >= 4 is 5.97 Å². The van der Waals surface area contributed by atoms with Crippen molar-refractivity contribution < 1.29 is 14.6 Å². The van der Waals surface area contributed by atoms with Crippen molar-refractivity contribution in [3.05, 3.63) is 11.1 Å². The minimum Gasteiger partial charge on any atom is -0.478 e. The highest BCUT2D eigenvalue weighted by Gasteiger charge is 2.21. The zero-order valence-electron chi connectivity index (χ0n) is 8.17. The highest BCUT2D eigenvalue weighted by molar-refractivity contribution is 5.86. The molecule has 0 spiro atoms. The van der Waals surface area contributed by atoms with Crippen LogP contribution in [0.25, 0.3) is 0 Å². The first-order valence-electron chi connectivity index (χ1n) is 4.64. The van der Waals surface area contributed by atoms with Crippen LogP contribution in [0.4, 0.5) is 0 Å². The molecule has 0 aliphatic carbocycles. The molecule has 74 valence electrons. The molecule has 0 bridgehead atoms. The summed E-state index contributed by atoms with van der Waals surface area (Å²) in [6, 6.07) is 0. The molecule has 0 saturated carbocycles. The maximum Gasteiger partial charge on any atom is 0.331 e. The van der Waals surface area contributed by atoms with E-state index in [2.05, 4.69) is 0 Å². The van der Waals surface area contributed by atoms with Gasteiger partial charge in [0.15, 0.2) is 0 Å². The van der Waals surface area contributed by atoms with Gasteiger partial charge in [-0.3, -0.25) is 0 Å². The Morgan fingerprint density at radius 1 is 1.54 bits per heavy atom. The van der Waals surface area contributed by atoms with Gasteiger partial charge in [0.1, 0.15) is 0 Å². The van der Waals surface area contributed by atoms with E-state index in [1.165, 1.54) is 0 Å². The second kappa shape index (κ2) is 4.42. The number of carboxylic acid groups (broad SMARTS) is 1. The minimum absolute atomic E-state index is 0.509. The standard InChI is InChI=1S/C10H16O3/c1-3-9(7(2)10(11)12)4-8-5-13-6-8/h8H,3-6H2,1-2H3,(H,11,12). The number of carboxylic acids is 1. The monoisotopic (exact) mass is 184 g/mol. The Bertz CT molecular complexity index is 226. The summed E-state index contributed by atoms with van der Waals surface area (Å²) in [6.45, 7) is 5.26. The molecule has 0 aromatic rings. The van der Waals surface area contributed by atoms with Crippen LogP contribution >= 0.6 is 0 Å². The molecule has 1 heterocycles. The van der Waals surface area contributed by atoms with Crippen LogP contribution in [0, 0.1) is 5.92 Å². The fourth-order valence-electron chi connectivity index (χ4n) is 1.46. The van der Waals surface area contributed by atoms with Gasteiger partial charge in [-0.1, -0.05) is 12.5 Å². The van der Waals surface area contributed by atoms with E-state index in [1.807, 2.05) is 6.92 Å². The van der Waals surface area contributed by atoms with Crippen LogP contribution in [-0.4, -0.2) is 24.3 Å². The number of hydrogen-bond acceptors (Lipinski definition) is 2. The summed E-state index contributed by atoms with van der Waals surface area (Å²) < 4.78 is 5.05. The highest BCUT2D eigenvalue weighted by Crippen LogP contribution is 2.23. The molecule has 13 heavy (non-hydrogen) atoms. The summed E-state index contributed by atoms with van der Waals surface area (Å²) in [6.07, 6.45) is 1.71. The second-order valence-corrected chi connectivity index (χ2v) is 3.49. The van der Waals surface area contributed by atoms with Crippen molar-refractivity contribution in [1.82, 2.24) is 0 Å². The number of ether oxygens (including phenoxy) is 1.